The lowest BCUT2D eigenvalue weighted by Gasteiger charge is -2.13. The summed E-state index contributed by atoms with van der Waals surface area (Å²) in [5.41, 5.74) is 5.25. The number of hydrogen-bond donors (Lipinski definition) is 3. The van der Waals surface area contributed by atoms with Gasteiger partial charge in [0.15, 0.2) is 0 Å². The van der Waals surface area contributed by atoms with E-state index in [0.29, 0.717) is 11.3 Å². The van der Waals surface area contributed by atoms with E-state index in [-0.39, 0.29) is 28.5 Å². The zero-order valence-corrected chi connectivity index (χ0v) is 14.4. The van der Waals surface area contributed by atoms with Crippen LogP contribution < -0.4 is 20.3 Å². The number of hydrazine groups is 1. The van der Waals surface area contributed by atoms with E-state index in [1.165, 1.54) is 38.5 Å². The van der Waals surface area contributed by atoms with E-state index in [4.69, 9.17) is 21.1 Å². The summed E-state index contributed by atoms with van der Waals surface area (Å²) in [5, 5.41) is 9.50. The average Bonchev–Trinajstić information content (AvgIpc) is 2.58. The van der Waals surface area contributed by atoms with E-state index in [0.717, 1.165) is 0 Å². The van der Waals surface area contributed by atoms with Gasteiger partial charge in [0.1, 0.15) is 22.8 Å². The highest BCUT2D eigenvalue weighted by Gasteiger charge is 2.19. The van der Waals surface area contributed by atoms with Crippen LogP contribution in [0.1, 0.15) is 15.9 Å². The Kier molecular flexibility index (Phi) is 6.08. The third-order valence-electron chi connectivity index (χ3n) is 3.30. The lowest BCUT2D eigenvalue weighted by molar-refractivity contribution is -0.121. The first-order chi connectivity index (χ1) is 11.9. The van der Waals surface area contributed by atoms with Gasteiger partial charge in [-0.25, -0.2) is 0 Å². The van der Waals surface area contributed by atoms with Crippen molar-refractivity contribution >= 4 is 23.4 Å². The second kappa shape index (κ2) is 8.25. The lowest BCUT2D eigenvalue weighted by atomic mass is 10.1. The van der Waals surface area contributed by atoms with Gasteiger partial charge in [0.2, 0.25) is 5.91 Å². The Hall–Kier alpha value is -2.93. The van der Waals surface area contributed by atoms with Gasteiger partial charge >= 0.3 is 0 Å². The monoisotopic (exact) mass is 364 g/mol. The van der Waals surface area contributed by atoms with Gasteiger partial charge in [0, 0.05) is 6.07 Å². The quantitative estimate of drug-likeness (QED) is 0.706. The van der Waals surface area contributed by atoms with Crippen LogP contribution in [0.15, 0.2) is 36.4 Å². The average molecular weight is 365 g/mol. The van der Waals surface area contributed by atoms with E-state index < -0.39 is 11.8 Å². The first kappa shape index (κ1) is 18.4. The van der Waals surface area contributed by atoms with Gasteiger partial charge in [-0.1, -0.05) is 23.7 Å². The molecule has 2 aromatic carbocycles. The van der Waals surface area contributed by atoms with Crippen molar-refractivity contribution in [2.24, 2.45) is 0 Å². The van der Waals surface area contributed by atoms with E-state index in [2.05, 4.69) is 10.9 Å². The second-order valence-electron chi connectivity index (χ2n) is 5.04. The molecular formula is C17H17ClN2O5. The summed E-state index contributed by atoms with van der Waals surface area (Å²) in [6.45, 7) is 0. The molecule has 0 saturated carbocycles. The maximum atomic E-state index is 12.3. The predicted molar refractivity (Wildman–Crippen MR) is 92.0 cm³/mol. The van der Waals surface area contributed by atoms with Gasteiger partial charge in [0.25, 0.3) is 5.91 Å². The number of benzene rings is 2. The van der Waals surface area contributed by atoms with Crippen molar-refractivity contribution in [3.8, 4) is 17.2 Å². The van der Waals surface area contributed by atoms with Crippen molar-refractivity contribution in [3.63, 3.8) is 0 Å². The molecule has 0 saturated heterocycles. The van der Waals surface area contributed by atoms with Crippen LogP contribution in [0.2, 0.25) is 5.02 Å². The number of phenols is 1. The molecule has 0 fully saturated rings. The van der Waals surface area contributed by atoms with Crippen molar-refractivity contribution in [1.82, 2.24) is 10.9 Å². The number of carbonyl (C=O) groups is 2. The lowest BCUT2D eigenvalue weighted by Crippen LogP contribution is -2.42. The van der Waals surface area contributed by atoms with Crippen molar-refractivity contribution < 1.29 is 24.2 Å². The van der Waals surface area contributed by atoms with Crippen molar-refractivity contribution in [1.29, 1.82) is 0 Å². The zero-order valence-electron chi connectivity index (χ0n) is 13.6. The largest absolute Gasteiger partial charge is 0.508 e. The molecule has 0 heterocycles. The van der Waals surface area contributed by atoms with Crippen LogP contribution >= 0.6 is 11.6 Å². The van der Waals surface area contributed by atoms with E-state index in [1.807, 2.05) is 0 Å². The van der Waals surface area contributed by atoms with Crippen LogP contribution in [-0.2, 0) is 11.2 Å². The zero-order chi connectivity index (χ0) is 18.4. The molecule has 0 bridgehead atoms. The molecule has 0 spiro atoms. The first-order valence-corrected chi connectivity index (χ1v) is 7.61. The number of aromatic hydroxyl groups is 1. The smallest absolute Gasteiger partial charge is 0.274 e. The number of amides is 2. The van der Waals surface area contributed by atoms with Gasteiger partial charge in [-0.05, 0) is 23.8 Å². The van der Waals surface area contributed by atoms with Crippen LogP contribution in [-0.4, -0.2) is 31.1 Å². The third-order valence-corrected chi connectivity index (χ3v) is 3.60. The van der Waals surface area contributed by atoms with Crippen molar-refractivity contribution in [3.05, 3.63) is 52.5 Å². The van der Waals surface area contributed by atoms with E-state index in [9.17, 15) is 14.7 Å². The highest BCUT2D eigenvalue weighted by atomic mass is 35.5. The minimum Gasteiger partial charge on any atom is -0.508 e. The van der Waals surface area contributed by atoms with Crippen LogP contribution in [0, 0.1) is 0 Å². The summed E-state index contributed by atoms with van der Waals surface area (Å²) in [7, 11) is 2.86. The van der Waals surface area contributed by atoms with Gasteiger partial charge in [-0.2, -0.15) is 0 Å². The van der Waals surface area contributed by atoms with Crippen LogP contribution in [0.4, 0.5) is 0 Å². The Morgan fingerprint density at radius 1 is 1.12 bits per heavy atom. The molecule has 132 valence electrons. The van der Waals surface area contributed by atoms with E-state index in [1.54, 1.807) is 12.1 Å². The van der Waals surface area contributed by atoms with Crippen molar-refractivity contribution in [2.45, 2.75) is 6.42 Å². The molecule has 0 aliphatic heterocycles. The molecule has 0 radical (unpaired) electrons. The normalized spacial score (nSPS) is 10.0. The summed E-state index contributed by atoms with van der Waals surface area (Å²) in [4.78, 5) is 24.2. The molecule has 3 N–H and O–H groups in total. The Balaban J connectivity index is 2.04. The molecule has 0 atom stereocenters. The number of rotatable bonds is 5. The molecule has 8 heteroatoms. The number of ether oxygens (including phenoxy) is 2. The second-order valence-corrected chi connectivity index (χ2v) is 5.44. The summed E-state index contributed by atoms with van der Waals surface area (Å²) >= 11 is 6.09. The van der Waals surface area contributed by atoms with Crippen molar-refractivity contribution in [2.75, 3.05) is 14.2 Å². The minimum absolute atomic E-state index is 0.0117. The van der Waals surface area contributed by atoms with Gasteiger partial charge in [0.05, 0.1) is 25.7 Å². The topological polar surface area (TPSA) is 96.9 Å². The summed E-state index contributed by atoms with van der Waals surface area (Å²) in [6.07, 6.45) is -0.0117. The number of phenolic OH excluding ortho intramolecular Hbond substituents is 1. The molecular weight excluding hydrogens is 348 g/mol. The SMILES string of the molecule is COc1cc(Cl)c(C(=O)NNC(=O)Cc2cccc(O)c2)c(OC)c1. The fraction of sp³-hybridized carbons (Fsp3) is 0.176. The third kappa shape index (κ3) is 4.77. The van der Waals surface area contributed by atoms with Crippen LogP contribution in [0.3, 0.4) is 0 Å². The molecule has 2 aromatic rings. The standard InChI is InChI=1S/C17H17ClN2O5/c1-24-12-8-13(18)16(14(9-12)25-2)17(23)20-19-15(22)7-10-4-3-5-11(21)6-10/h3-6,8-9,21H,7H2,1-2H3,(H,19,22)(H,20,23). The molecule has 25 heavy (non-hydrogen) atoms. The van der Waals surface area contributed by atoms with Gasteiger partial charge in [-0.3, -0.25) is 20.4 Å². The van der Waals surface area contributed by atoms with Gasteiger partial charge in [-0.15, -0.1) is 0 Å². The van der Waals surface area contributed by atoms with Crippen LogP contribution in [0.5, 0.6) is 17.2 Å². The summed E-state index contributed by atoms with van der Waals surface area (Å²) in [6, 6.07) is 9.25. The Labute approximate surface area is 149 Å². The highest BCUT2D eigenvalue weighted by Crippen LogP contribution is 2.31. The fourth-order valence-electron chi connectivity index (χ4n) is 2.14. The highest BCUT2D eigenvalue weighted by molar-refractivity contribution is 6.34. The number of carbonyl (C=O) groups excluding carboxylic acids is 2. The number of methoxy groups -OCH3 is 2. The number of nitrogens with one attached hydrogen (secondary N) is 2. The van der Waals surface area contributed by atoms with Crippen LogP contribution in [0.25, 0.3) is 0 Å². The van der Waals surface area contributed by atoms with E-state index >= 15 is 0 Å². The molecule has 0 unspecified atom stereocenters. The maximum Gasteiger partial charge on any atom is 0.274 e. The maximum absolute atomic E-state index is 12.3. The Bertz CT molecular complexity index is 795. The molecule has 0 aromatic heterocycles. The summed E-state index contributed by atoms with van der Waals surface area (Å²) < 4.78 is 10.2. The Morgan fingerprint density at radius 3 is 2.52 bits per heavy atom. The number of hydrogen-bond acceptors (Lipinski definition) is 5. The molecule has 7 nitrogen and oxygen atoms in total. The number of halogens is 1. The fourth-order valence-corrected chi connectivity index (χ4v) is 2.43. The first-order valence-electron chi connectivity index (χ1n) is 7.23. The molecule has 0 aliphatic rings. The predicted octanol–water partition coefficient (Wildman–Crippen LogP) is 2.07. The molecule has 2 amide bonds. The molecule has 2 rings (SSSR count). The summed E-state index contributed by atoms with van der Waals surface area (Å²) in [5.74, 6) is -0.379. The molecule has 0 aliphatic carbocycles. The minimum atomic E-state index is -0.631. The Morgan fingerprint density at radius 2 is 1.88 bits per heavy atom. The van der Waals surface area contributed by atoms with Gasteiger partial charge < -0.3 is 14.6 Å².